The van der Waals surface area contributed by atoms with Crippen LogP contribution in [0.25, 0.3) is 0 Å². The van der Waals surface area contributed by atoms with Crippen LogP contribution in [-0.4, -0.2) is 18.8 Å². The van der Waals surface area contributed by atoms with Gasteiger partial charge in [0.2, 0.25) is 0 Å². The predicted octanol–water partition coefficient (Wildman–Crippen LogP) is 3.28. The Morgan fingerprint density at radius 1 is 1.38 bits per heavy atom. The standard InChI is InChI=1S/C13H20O3/c1-4-5-8-16-10(2)11-6-7-12(14)13(9-11)15-3/h6-7,9-10,14H,4-5,8H2,1-3H3. The van der Waals surface area contributed by atoms with E-state index in [0.717, 1.165) is 25.0 Å². The van der Waals surface area contributed by atoms with Gasteiger partial charge in [0.15, 0.2) is 11.5 Å². The molecule has 90 valence electrons. The summed E-state index contributed by atoms with van der Waals surface area (Å²) in [6.45, 7) is 4.90. The first kappa shape index (κ1) is 12.8. The highest BCUT2D eigenvalue weighted by Crippen LogP contribution is 2.29. The van der Waals surface area contributed by atoms with Crippen LogP contribution < -0.4 is 4.74 Å². The lowest BCUT2D eigenvalue weighted by molar-refractivity contribution is 0.0635. The molecule has 3 nitrogen and oxygen atoms in total. The number of rotatable bonds is 6. The van der Waals surface area contributed by atoms with Crippen molar-refractivity contribution in [2.45, 2.75) is 32.8 Å². The van der Waals surface area contributed by atoms with Crippen LogP contribution in [0.4, 0.5) is 0 Å². The smallest absolute Gasteiger partial charge is 0.160 e. The predicted molar refractivity (Wildman–Crippen MR) is 63.9 cm³/mol. The van der Waals surface area contributed by atoms with Crippen LogP contribution in [0.2, 0.25) is 0 Å². The van der Waals surface area contributed by atoms with Crippen LogP contribution >= 0.6 is 0 Å². The van der Waals surface area contributed by atoms with Crippen molar-refractivity contribution in [1.29, 1.82) is 0 Å². The van der Waals surface area contributed by atoms with Gasteiger partial charge in [-0.15, -0.1) is 0 Å². The van der Waals surface area contributed by atoms with Crippen LogP contribution in [0.3, 0.4) is 0 Å². The zero-order chi connectivity index (χ0) is 12.0. The van der Waals surface area contributed by atoms with E-state index in [-0.39, 0.29) is 11.9 Å². The van der Waals surface area contributed by atoms with Crippen LogP contribution in [0.15, 0.2) is 18.2 Å². The van der Waals surface area contributed by atoms with Crippen molar-refractivity contribution in [2.24, 2.45) is 0 Å². The van der Waals surface area contributed by atoms with Crippen molar-refractivity contribution in [3.8, 4) is 11.5 Å². The molecule has 1 unspecified atom stereocenters. The molecule has 16 heavy (non-hydrogen) atoms. The van der Waals surface area contributed by atoms with Gasteiger partial charge in [0.1, 0.15) is 0 Å². The maximum Gasteiger partial charge on any atom is 0.160 e. The van der Waals surface area contributed by atoms with Crippen LogP contribution in [-0.2, 0) is 4.74 Å². The molecule has 0 heterocycles. The molecule has 0 aromatic heterocycles. The van der Waals surface area contributed by atoms with Crippen molar-refractivity contribution in [3.63, 3.8) is 0 Å². The maximum atomic E-state index is 9.47. The molecule has 1 rings (SSSR count). The number of methoxy groups -OCH3 is 1. The Hall–Kier alpha value is -1.22. The van der Waals surface area contributed by atoms with E-state index in [2.05, 4.69) is 6.92 Å². The van der Waals surface area contributed by atoms with E-state index in [1.165, 1.54) is 0 Å². The second-order valence-corrected chi connectivity index (χ2v) is 3.80. The molecule has 0 bridgehead atoms. The fourth-order valence-electron chi connectivity index (χ4n) is 1.45. The van der Waals surface area contributed by atoms with Gasteiger partial charge in [-0.1, -0.05) is 19.4 Å². The van der Waals surface area contributed by atoms with E-state index < -0.39 is 0 Å². The van der Waals surface area contributed by atoms with E-state index >= 15 is 0 Å². The van der Waals surface area contributed by atoms with Crippen molar-refractivity contribution in [1.82, 2.24) is 0 Å². The third-order valence-corrected chi connectivity index (χ3v) is 2.54. The highest BCUT2D eigenvalue weighted by molar-refractivity contribution is 5.42. The summed E-state index contributed by atoms with van der Waals surface area (Å²) in [5.41, 5.74) is 1.02. The van der Waals surface area contributed by atoms with E-state index in [1.54, 1.807) is 13.2 Å². The lowest BCUT2D eigenvalue weighted by Gasteiger charge is -2.14. The molecule has 0 saturated heterocycles. The summed E-state index contributed by atoms with van der Waals surface area (Å²) in [6, 6.07) is 5.30. The van der Waals surface area contributed by atoms with Crippen molar-refractivity contribution < 1.29 is 14.6 Å². The highest BCUT2D eigenvalue weighted by Gasteiger charge is 2.09. The Kier molecular flexibility index (Phi) is 5.12. The van der Waals surface area contributed by atoms with Gasteiger partial charge in [0.05, 0.1) is 13.2 Å². The highest BCUT2D eigenvalue weighted by atomic mass is 16.5. The minimum atomic E-state index is 0.0287. The van der Waals surface area contributed by atoms with Crippen LogP contribution in [0, 0.1) is 0 Å². The van der Waals surface area contributed by atoms with Crippen LogP contribution in [0.5, 0.6) is 11.5 Å². The van der Waals surface area contributed by atoms with Gasteiger partial charge in [-0.2, -0.15) is 0 Å². The Balaban J connectivity index is 2.64. The summed E-state index contributed by atoms with van der Waals surface area (Å²) >= 11 is 0. The number of ether oxygens (including phenoxy) is 2. The van der Waals surface area contributed by atoms with Gasteiger partial charge in [-0.25, -0.2) is 0 Å². The van der Waals surface area contributed by atoms with Crippen LogP contribution in [0.1, 0.15) is 38.4 Å². The molecule has 1 aromatic rings. The molecule has 0 aliphatic heterocycles. The summed E-state index contributed by atoms with van der Waals surface area (Å²) in [4.78, 5) is 0. The molecule has 1 aromatic carbocycles. The quantitative estimate of drug-likeness (QED) is 0.754. The lowest BCUT2D eigenvalue weighted by Crippen LogP contribution is -2.01. The van der Waals surface area contributed by atoms with E-state index in [4.69, 9.17) is 9.47 Å². The molecule has 0 aliphatic rings. The van der Waals surface area contributed by atoms with Gasteiger partial charge in [-0.3, -0.25) is 0 Å². The second kappa shape index (κ2) is 6.38. The van der Waals surface area contributed by atoms with Crippen molar-refractivity contribution in [2.75, 3.05) is 13.7 Å². The first-order valence-corrected chi connectivity index (χ1v) is 5.67. The SMILES string of the molecule is CCCCOC(C)c1ccc(O)c(OC)c1. The van der Waals surface area contributed by atoms with Gasteiger partial charge >= 0.3 is 0 Å². The minimum absolute atomic E-state index is 0.0287. The normalized spacial score (nSPS) is 12.4. The molecule has 1 N–H and O–H groups in total. The Morgan fingerprint density at radius 3 is 2.75 bits per heavy atom. The molecule has 0 aliphatic carbocycles. The first-order valence-electron chi connectivity index (χ1n) is 5.67. The number of unbranched alkanes of at least 4 members (excludes halogenated alkanes) is 1. The summed E-state index contributed by atoms with van der Waals surface area (Å²) in [5, 5.41) is 9.47. The average molecular weight is 224 g/mol. The summed E-state index contributed by atoms with van der Waals surface area (Å²) in [7, 11) is 1.54. The number of aromatic hydroxyl groups is 1. The maximum absolute atomic E-state index is 9.47. The molecular weight excluding hydrogens is 204 g/mol. The van der Waals surface area contributed by atoms with E-state index in [9.17, 15) is 5.11 Å². The average Bonchev–Trinajstić information content (AvgIpc) is 2.30. The van der Waals surface area contributed by atoms with Crippen molar-refractivity contribution >= 4 is 0 Å². The molecule has 1 atom stereocenters. The van der Waals surface area contributed by atoms with Gasteiger partial charge in [0.25, 0.3) is 0 Å². The molecule has 0 saturated carbocycles. The second-order valence-electron chi connectivity index (χ2n) is 3.80. The zero-order valence-corrected chi connectivity index (χ0v) is 10.2. The molecule has 0 spiro atoms. The number of benzene rings is 1. The third kappa shape index (κ3) is 3.42. The Bertz CT molecular complexity index is 323. The molecule has 3 heteroatoms. The summed E-state index contributed by atoms with van der Waals surface area (Å²) < 4.78 is 10.7. The van der Waals surface area contributed by atoms with Gasteiger partial charge in [0, 0.05) is 6.61 Å². The monoisotopic (exact) mass is 224 g/mol. The number of phenols is 1. The Labute approximate surface area is 97.0 Å². The molecule has 0 radical (unpaired) electrons. The topological polar surface area (TPSA) is 38.7 Å². The molecular formula is C13H20O3. The molecule has 0 amide bonds. The fraction of sp³-hybridized carbons (Fsp3) is 0.538. The fourth-order valence-corrected chi connectivity index (χ4v) is 1.45. The van der Waals surface area contributed by atoms with Crippen molar-refractivity contribution in [3.05, 3.63) is 23.8 Å². The number of phenolic OH excluding ortho intramolecular Hbond substituents is 1. The van der Waals surface area contributed by atoms with E-state index in [1.807, 2.05) is 19.1 Å². The third-order valence-electron chi connectivity index (χ3n) is 2.54. The van der Waals surface area contributed by atoms with Gasteiger partial charge in [-0.05, 0) is 31.0 Å². The largest absolute Gasteiger partial charge is 0.504 e. The number of hydrogen-bond donors (Lipinski definition) is 1. The lowest BCUT2D eigenvalue weighted by atomic mass is 10.1. The Morgan fingerprint density at radius 2 is 2.12 bits per heavy atom. The summed E-state index contributed by atoms with van der Waals surface area (Å²) in [6.07, 6.45) is 2.23. The van der Waals surface area contributed by atoms with E-state index in [0.29, 0.717) is 5.75 Å². The summed E-state index contributed by atoms with van der Waals surface area (Å²) in [5.74, 6) is 0.649. The molecule has 0 fully saturated rings. The first-order chi connectivity index (χ1) is 7.69. The zero-order valence-electron chi connectivity index (χ0n) is 10.2. The number of hydrogen-bond acceptors (Lipinski definition) is 3. The van der Waals surface area contributed by atoms with Gasteiger partial charge < -0.3 is 14.6 Å². The minimum Gasteiger partial charge on any atom is -0.504 e.